The molecule has 5 heteroatoms. The van der Waals surface area contributed by atoms with Crippen molar-refractivity contribution in [3.05, 3.63) is 95.6 Å². The van der Waals surface area contributed by atoms with Crippen molar-refractivity contribution in [2.45, 2.75) is 6.92 Å². The molecule has 0 fully saturated rings. The highest BCUT2D eigenvalue weighted by Gasteiger charge is 2.13. The van der Waals surface area contributed by atoms with Crippen molar-refractivity contribution in [3.8, 4) is 17.0 Å². The molecule has 4 rings (SSSR count). The molecule has 0 atom stereocenters. The number of ether oxygens (including phenoxy) is 1. The molecule has 0 aliphatic heterocycles. The number of aromatic nitrogens is 1. The molecule has 5 nitrogen and oxygen atoms in total. The number of rotatable bonds is 5. The third kappa shape index (κ3) is 4.05. The first kappa shape index (κ1) is 19.3. The molecule has 0 saturated heterocycles. The van der Waals surface area contributed by atoms with Gasteiger partial charge < -0.3 is 4.74 Å². The fraction of sp³-hybridized carbons (Fsp3) is 0.0800. The number of nitrogens with one attached hydrogen (secondary N) is 1. The van der Waals surface area contributed by atoms with E-state index in [4.69, 9.17) is 9.72 Å². The number of hydrazone groups is 1. The Hall–Kier alpha value is -3.99. The first-order valence-corrected chi connectivity index (χ1v) is 9.59. The van der Waals surface area contributed by atoms with E-state index in [-0.39, 0.29) is 5.91 Å². The lowest BCUT2D eigenvalue weighted by Crippen LogP contribution is -2.18. The fourth-order valence-electron chi connectivity index (χ4n) is 3.26. The molecule has 0 bridgehead atoms. The predicted octanol–water partition coefficient (Wildman–Crippen LogP) is 4.98. The van der Waals surface area contributed by atoms with Crippen molar-refractivity contribution in [2.24, 2.45) is 5.10 Å². The molecule has 0 unspecified atom stereocenters. The third-order valence-electron chi connectivity index (χ3n) is 4.88. The molecule has 148 valence electrons. The van der Waals surface area contributed by atoms with Crippen LogP contribution in [0.5, 0.6) is 5.75 Å². The van der Waals surface area contributed by atoms with Crippen LogP contribution in [0, 0.1) is 6.92 Å². The summed E-state index contributed by atoms with van der Waals surface area (Å²) in [5.41, 5.74) is 7.55. The van der Waals surface area contributed by atoms with Gasteiger partial charge in [-0.1, -0.05) is 48.5 Å². The zero-order valence-electron chi connectivity index (χ0n) is 16.8. The van der Waals surface area contributed by atoms with E-state index >= 15 is 0 Å². The van der Waals surface area contributed by atoms with Gasteiger partial charge in [-0.2, -0.15) is 5.10 Å². The van der Waals surface area contributed by atoms with Gasteiger partial charge in [0.2, 0.25) is 0 Å². The van der Waals surface area contributed by atoms with E-state index in [1.165, 1.54) is 0 Å². The largest absolute Gasteiger partial charge is 0.497 e. The Labute approximate surface area is 175 Å². The summed E-state index contributed by atoms with van der Waals surface area (Å²) in [6, 6.07) is 24.9. The molecule has 0 radical (unpaired) electrons. The number of fused-ring (bicyclic) bond motifs is 1. The summed E-state index contributed by atoms with van der Waals surface area (Å²) < 4.78 is 5.22. The Morgan fingerprint density at radius 1 is 1.00 bits per heavy atom. The van der Waals surface area contributed by atoms with Crippen LogP contribution in [0.4, 0.5) is 0 Å². The molecule has 0 spiro atoms. The minimum Gasteiger partial charge on any atom is -0.497 e. The highest BCUT2D eigenvalue weighted by Crippen LogP contribution is 2.24. The summed E-state index contributed by atoms with van der Waals surface area (Å²) in [5.74, 6) is 0.499. The van der Waals surface area contributed by atoms with Gasteiger partial charge in [0.25, 0.3) is 5.91 Å². The standard InChI is InChI=1S/C25H21N3O2/c1-17-14-20(30-2)13-12-19(17)16-26-28-25(29)22-15-24(18-8-4-3-5-9-18)27-23-11-7-6-10-21(22)23/h3-16H,1-2H3,(H,28,29)/b26-16+. The van der Waals surface area contributed by atoms with Gasteiger partial charge in [0.1, 0.15) is 5.75 Å². The lowest BCUT2D eigenvalue weighted by atomic mass is 10.0. The number of benzene rings is 3. The molecule has 0 saturated carbocycles. The first-order chi connectivity index (χ1) is 14.7. The Morgan fingerprint density at radius 3 is 2.53 bits per heavy atom. The van der Waals surface area contributed by atoms with Crippen LogP contribution in [0.1, 0.15) is 21.5 Å². The predicted molar refractivity (Wildman–Crippen MR) is 120 cm³/mol. The van der Waals surface area contributed by atoms with Gasteiger partial charge in [-0.25, -0.2) is 10.4 Å². The zero-order chi connectivity index (χ0) is 20.9. The van der Waals surface area contributed by atoms with Crippen LogP contribution in [0.15, 0.2) is 84.0 Å². The molecule has 1 aromatic heterocycles. The molecule has 0 aliphatic carbocycles. The van der Waals surface area contributed by atoms with Crippen LogP contribution in [0.2, 0.25) is 0 Å². The van der Waals surface area contributed by atoms with E-state index in [0.717, 1.165) is 39.0 Å². The van der Waals surface area contributed by atoms with Gasteiger partial charge >= 0.3 is 0 Å². The number of hydrogen-bond acceptors (Lipinski definition) is 4. The zero-order valence-corrected chi connectivity index (χ0v) is 16.8. The van der Waals surface area contributed by atoms with Gasteiger partial charge in [-0.3, -0.25) is 4.79 Å². The second kappa shape index (κ2) is 8.57. The molecular formula is C25H21N3O2. The van der Waals surface area contributed by atoms with Crippen LogP contribution >= 0.6 is 0 Å². The summed E-state index contributed by atoms with van der Waals surface area (Å²) in [6.07, 6.45) is 1.63. The van der Waals surface area contributed by atoms with Gasteiger partial charge in [0.15, 0.2) is 0 Å². The van der Waals surface area contributed by atoms with Crippen LogP contribution in [-0.2, 0) is 0 Å². The lowest BCUT2D eigenvalue weighted by molar-refractivity contribution is 0.0956. The Kier molecular flexibility index (Phi) is 5.52. The van der Waals surface area contributed by atoms with Crippen molar-refractivity contribution in [3.63, 3.8) is 0 Å². The van der Waals surface area contributed by atoms with E-state index in [9.17, 15) is 4.79 Å². The highest BCUT2D eigenvalue weighted by atomic mass is 16.5. The van der Waals surface area contributed by atoms with Crippen molar-refractivity contribution < 1.29 is 9.53 Å². The van der Waals surface area contributed by atoms with E-state index in [1.807, 2.05) is 79.7 Å². The average molecular weight is 395 g/mol. The minimum atomic E-state index is -0.284. The van der Waals surface area contributed by atoms with E-state index in [2.05, 4.69) is 10.5 Å². The van der Waals surface area contributed by atoms with Crippen molar-refractivity contribution in [1.29, 1.82) is 0 Å². The summed E-state index contributed by atoms with van der Waals surface area (Å²) in [5, 5.41) is 4.94. The smallest absolute Gasteiger partial charge is 0.272 e. The maximum absolute atomic E-state index is 12.9. The topological polar surface area (TPSA) is 63.6 Å². The van der Waals surface area contributed by atoms with Crippen LogP contribution < -0.4 is 10.2 Å². The van der Waals surface area contributed by atoms with Gasteiger partial charge in [0.05, 0.1) is 30.1 Å². The van der Waals surface area contributed by atoms with E-state index < -0.39 is 0 Å². The van der Waals surface area contributed by atoms with Crippen LogP contribution in [0.3, 0.4) is 0 Å². The SMILES string of the molecule is COc1ccc(/C=N/NC(=O)c2cc(-c3ccccc3)nc3ccccc23)c(C)c1. The van der Waals surface area contributed by atoms with E-state index in [0.29, 0.717) is 5.56 Å². The summed E-state index contributed by atoms with van der Waals surface area (Å²) >= 11 is 0. The van der Waals surface area contributed by atoms with Gasteiger partial charge in [-0.05, 0) is 48.4 Å². The molecule has 1 N–H and O–H groups in total. The normalized spacial score (nSPS) is 11.0. The van der Waals surface area contributed by atoms with E-state index in [1.54, 1.807) is 19.4 Å². The maximum atomic E-state index is 12.9. The molecule has 4 aromatic rings. The number of amides is 1. The van der Waals surface area contributed by atoms with Crippen LogP contribution in [-0.4, -0.2) is 24.2 Å². The number of para-hydroxylation sites is 1. The third-order valence-corrected chi connectivity index (χ3v) is 4.88. The lowest BCUT2D eigenvalue weighted by Gasteiger charge is -2.09. The first-order valence-electron chi connectivity index (χ1n) is 9.59. The highest BCUT2D eigenvalue weighted by molar-refractivity contribution is 6.07. The molecule has 3 aromatic carbocycles. The second-order valence-corrected chi connectivity index (χ2v) is 6.86. The molecule has 0 aliphatic rings. The number of pyridine rings is 1. The minimum absolute atomic E-state index is 0.284. The molecular weight excluding hydrogens is 374 g/mol. The summed E-state index contributed by atoms with van der Waals surface area (Å²) in [6.45, 7) is 1.97. The monoisotopic (exact) mass is 395 g/mol. The number of carbonyl (C=O) groups is 1. The number of aryl methyl sites for hydroxylation is 1. The molecule has 30 heavy (non-hydrogen) atoms. The number of carbonyl (C=O) groups excluding carboxylic acids is 1. The Bertz CT molecular complexity index is 1230. The Morgan fingerprint density at radius 2 is 1.77 bits per heavy atom. The number of hydrogen-bond donors (Lipinski definition) is 1. The molecule has 1 amide bonds. The van der Waals surface area contributed by atoms with Gasteiger partial charge in [0, 0.05) is 10.9 Å². The number of methoxy groups -OCH3 is 1. The van der Waals surface area contributed by atoms with Crippen molar-refractivity contribution in [2.75, 3.05) is 7.11 Å². The van der Waals surface area contributed by atoms with Gasteiger partial charge in [-0.15, -0.1) is 0 Å². The summed E-state index contributed by atoms with van der Waals surface area (Å²) in [7, 11) is 1.63. The fourth-order valence-corrected chi connectivity index (χ4v) is 3.26. The Balaban J connectivity index is 1.64. The average Bonchev–Trinajstić information content (AvgIpc) is 2.79. The van der Waals surface area contributed by atoms with Crippen molar-refractivity contribution in [1.82, 2.24) is 10.4 Å². The molecule has 1 heterocycles. The maximum Gasteiger partial charge on any atom is 0.272 e. The quantitative estimate of drug-likeness (QED) is 0.383. The van der Waals surface area contributed by atoms with Crippen LogP contribution in [0.25, 0.3) is 22.2 Å². The summed E-state index contributed by atoms with van der Waals surface area (Å²) in [4.78, 5) is 17.7. The second-order valence-electron chi connectivity index (χ2n) is 6.86. The number of nitrogens with zero attached hydrogens (tertiary/aromatic N) is 2. The van der Waals surface area contributed by atoms with Crippen molar-refractivity contribution >= 4 is 23.0 Å².